The van der Waals surface area contributed by atoms with Gasteiger partial charge in [-0.1, -0.05) is 18.2 Å². The largest absolute Gasteiger partial charge is 0.508 e. The predicted molar refractivity (Wildman–Crippen MR) is 52.8 cm³/mol. The van der Waals surface area contributed by atoms with Crippen LogP contribution in [0.15, 0.2) is 29.3 Å². The van der Waals surface area contributed by atoms with E-state index in [-0.39, 0.29) is 12.3 Å². The van der Waals surface area contributed by atoms with Crippen molar-refractivity contribution in [1.82, 2.24) is 0 Å². The summed E-state index contributed by atoms with van der Waals surface area (Å²) < 4.78 is 0. The Bertz CT molecular complexity index is 347. The van der Waals surface area contributed by atoms with Crippen LogP contribution >= 0.6 is 0 Å². The van der Waals surface area contributed by atoms with Gasteiger partial charge in [0.05, 0.1) is 0 Å². The van der Waals surface area contributed by atoms with E-state index in [1.807, 2.05) is 0 Å². The first kappa shape index (κ1) is 10.2. The van der Waals surface area contributed by atoms with Gasteiger partial charge in [0.1, 0.15) is 12.3 Å². The molecule has 0 radical (unpaired) electrons. The summed E-state index contributed by atoms with van der Waals surface area (Å²) in [6.45, 7) is -0.229. The normalized spacial score (nSPS) is 10.6. The lowest BCUT2D eigenvalue weighted by Crippen LogP contribution is -1.99. The number of aliphatic carboxylic acids is 1. The molecule has 0 bridgehead atoms. The van der Waals surface area contributed by atoms with E-state index < -0.39 is 5.97 Å². The van der Waals surface area contributed by atoms with Crippen LogP contribution in [0.5, 0.6) is 5.75 Å². The highest BCUT2D eigenvalue weighted by Gasteiger charge is 1.96. The fraction of sp³-hybridized carbons (Fsp3) is 0.200. The monoisotopic (exact) mass is 193 g/mol. The third-order valence-corrected chi connectivity index (χ3v) is 1.66. The summed E-state index contributed by atoms with van der Waals surface area (Å²) in [6, 6.07) is 6.88. The Morgan fingerprint density at radius 3 is 2.79 bits per heavy atom. The Balaban J connectivity index is 2.49. The molecule has 14 heavy (non-hydrogen) atoms. The van der Waals surface area contributed by atoms with Crippen LogP contribution < -0.4 is 0 Å². The maximum Gasteiger partial charge on any atom is 0.325 e. The van der Waals surface area contributed by atoms with Crippen molar-refractivity contribution < 1.29 is 15.0 Å². The molecule has 0 aliphatic heterocycles. The van der Waals surface area contributed by atoms with Crippen LogP contribution in [0.3, 0.4) is 0 Å². The van der Waals surface area contributed by atoms with Gasteiger partial charge in [-0.2, -0.15) is 0 Å². The average Bonchev–Trinajstić information content (AvgIpc) is 2.15. The van der Waals surface area contributed by atoms with Crippen molar-refractivity contribution in [2.75, 3.05) is 6.54 Å². The maximum absolute atomic E-state index is 10.1. The number of nitrogens with zero attached hydrogens (tertiary/aromatic N) is 1. The van der Waals surface area contributed by atoms with E-state index in [9.17, 15) is 9.90 Å². The molecule has 1 rings (SSSR count). The van der Waals surface area contributed by atoms with Gasteiger partial charge in [-0.3, -0.25) is 9.79 Å². The van der Waals surface area contributed by atoms with Gasteiger partial charge in [0.15, 0.2) is 0 Å². The highest BCUT2D eigenvalue weighted by Crippen LogP contribution is 2.14. The number of carboxylic acids is 1. The number of hydrogen-bond donors (Lipinski definition) is 2. The number of rotatable bonds is 4. The van der Waals surface area contributed by atoms with E-state index in [0.29, 0.717) is 6.42 Å². The summed E-state index contributed by atoms with van der Waals surface area (Å²) >= 11 is 0. The predicted octanol–water partition coefficient (Wildman–Crippen LogP) is 1.09. The fourth-order valence-electron chi connectivity index (χ4n) is 0.989. The molecule has 0 fully saturated rings. The fourth-order valence-corrected chi connectivity index (χ4v) is 0.989. The molecule has 0 aliphatic rings. The number of hydrogen-bond acceptors (Lipinski definition) is 3. The molecule has 4 nitrogen and oxygen atoms in total. The van der Waals surface area contributed by atoms with Crippen LogP contribution in [0.1, 0.15) is 5.56 Å². The molecule has 2 N–H and O–H groups in total. The molecular weight excluding hydrogens is 182 g/mol. The first-order valence-electron chi connectivity index (χ1n) is 4.17. The van der Waals surface area contributed by atoms with E-state index in [1.54, 1.807) is 24.3 Å². The van der Waals surface area contributed by atoms with Crippen molar-refractivity contribution in [1.29, 1.82) is 0 Å². The number of carboxylic acid groups (broad SMARTS) is 1. The molecule has 0 spiro atoms. The molecule has 0 aromatic heterocycles. The standard InChI is InChI=1S/C10H11NO3/c12-9-4-2-1-3-8(9)5-6-11-7-10(13)14/h1-4,6,12H,5,7H2,(H,13,14). The van der Waals surface area contributed by atoms with Crippen molar-refractivity contribution in [3.05, 3.63) is 29.8 Å². The molecular formula is C10H11NO3. The van der Waals surface area contributed by atoms with Crippen LogP contribution in [-0.4, -0.2) is 28.9 Å². The summed E-state index contributed by atoms with van der Waals surface area (Å²) in [7, 11) is 0. The Labute approximate surface area is 81.5 Å². The Hall–Kier alpha value is -1.84. The Morgan fingerprint density at radius 2 is 2.14 bits per heavy atom. The van der Waals surface area contributed by atoms with Crippen LogP contribution in [0.25, 0.3) is 0 Å². The zero-order valence-electron chi connectivity index (χ0n) is 7.55. The van der Waals surface area contributed by atoms with Gasteiger partial charge in [-0.05, 0) is 11.6 Å². The van der Waals surface area contributed by atoms with Crippen molar-refractivity contribution >= 4 is 12.2 Å². The summed E-state index contributed by atoms with van der Waals surface area (Å²) in [5.74, 6) is -0.757. The number of para-hydroxylation sites is 1. The average molecular weight is 193 g/mol. The summed E-state index contributed by atoms with van der Waals surface area (Å²) in [5.41, 5.74) is 0.738. The third-order valence-electron chi connectivity index (χ3n) is 1.66. The lowest BCUT2D eigenvalue weighted by atomic mass is 10.1. The zero-order chi connectivity index (χ0) is 10.4. The van der Waals surface area contributed by atoms with Crippen LogP contribution in [0, 0.1) is 0 Å². The van der Waals surface area contributed by atoms with Gasteiger partial charge in [-0.15, -0.1) is 0 Å². The van der Waals surface area contributed by atoms with E-state index >= 15 is 0 Å². The van der Waals surface area contributed by atoms with Gasteiger partial charge in [0, 0.05) is 12.6 Å². The van der Waals surface area contributed by atoms with Gasteiger partial charge < -0.3 is 10.2 Å². The second kappa shape index (κ2) is 5.01. The number of phenols is 1. The number of aromatic hydroxyl groups is 1. The van der Waals surface area contributed by atoms with Crippen molar-refractivity contribution in [3.8, 4) is 5.75 Å². The van der Waals surface area contributed by atoms with Gasteiger partial charge >= 0.3 is 5.97 Å². The Morgan fingerprint density at radius 1 is 1.43 bits per heavy atom. The van der Waals surface area contributed by atoms with Crippen molar-refractivity contribution in [2.45, 2.75) is 6.42 Å². The van der Waals surface area contributed by atoms with E-state index in [4.69, 9.17) is 5.11 Å². The van der Waals surface area contributed by atoms with Gasteiger partial charge in [0.2, 0.25) is 0 Å². The maximum atomic E-state index is 10.1. The highest BCUT2D eigenvalue weighted by atomic mass is 16.4. The molecule has 0 unspecified atom stereocenters. The summed E-state index contributed by atoms with van der Waals surface area (Å²) in [5, 5.41) is 17.6. The minimum absolute atomic E-state index is 0.203. The molecule has 1 aromatic carbocycles. The van der Waals surface area contributed by atoms with Gasteiger partial charge in [0.25, 0.3) is 0 Å². The third kappa shape index (κ3) is 3.26. The van der Waals surface area contributed by atoms with E-state index in [2.05, 4.69) is 4.99 Å². The summed E-state index contributed by atoms with van der Waals surface area (Å²) in [6.07, 6.45) is 1.93. The lowest BCUT2D eigenvalue weighted by Gasteiger charge is -1.98. The lowest BCUT2D eigenvalue weighted by molar-refractivity contribution is -0.135. The number of aliphatic imine (C=N–C) groups is 1. The Kier molecular flexibility index (Phi) is 3.67. The molecule has 1 aromatic rings. The molecule has 0 amide bonds. The summed E-state index contributed by atoms with van der Waals surface area (Å²) in [4.78, 5) is 13.8. The second-order valence-corrected chi connectivity index (χ2v) is 2.75. The smallest absolute Gasteiger partial charge is 0.325 e. The van der Waals surface area contributed by atoms with Crippen LogP contribution in [0.2, 0.25) is 0 Å². The van der Waals surface area contributed by atoms with E-state index in [0.717, 1.165) is 5.56 Å². The van der Waals surface area contributed by atoms with Gasteiger partial charge in [-0.25, -0.2) is 0 Å². The molecule has 0 aliphatic carbocycles. The number of benzene rings is 1. The van der Waals surface area contributed by atoms with E-state index in [1.165, 1.54) is 6.21 Å². The highest BCUT2D eigenvalue weighted by molar-refractivity contribution is 5.72. The SMILES string of the molecule is O=C(O)CN=CCc1ccccc1O. The molecule has 74 valence electrons. The number of phenolic OH excluding ortho intramolecular Hbond substituents is 1. The van der Waals surface area contributed by atoms with Crippen LogP contribution in [0.4, 0.5) is 0 Å². The number of carbonyl (C=O) groups is 1. The molecule has 0 heterocycles. The minimum atomic E-state index is -0.960. The topological polar surface area (TPSA) is 69.9 Å². The molecule has 0 atom stereocenters. The molecule has 4 heteroatoms. The van der Waals surface area contributed by atoms with Crippen LogP contribution in [-0.2, 0) is 11.2 Å². The second-order valence-electron chi connectivity index (χ2n) is 2.75. The zero-order valence-corrected chi connectivity index (χ0v) is 7.55. The quantitative estimate of drug-likeness (QED) is 0.703. The van der Waals surface area contributed by atoms with Crippen molar-refractivity contribution in [3.63, 3.8) is 0 Å². The first-order valence-corrected chi connectivity index (χ1v) is 4.17. The first-order chi connectivity index (χ1) is 6.70. The van der Waals surface area contributed by atoms with Crippen molar-refractivity contribution in [2.24, 2.45) is 4.99 Å². The minimum Gasteiger partial charge on any atom is -0.508 e. The molecule has 0 saturated heterocycles. The molecule has 0 saturated carbocycles.